The summed E-state index contributed by atoms with van der Waals surface area (Å²) in [6.07, 6.45) is -14.1. The van der Waals surface area contributed by atoms with Crippen molar-refractivity contribution >= 4 is 0 Å². The number of hydrogen-bond donors (Lipinski definition) is 11. The van der Waals surface area contributed by atoms with Gasteiger partial charge in [0.05, 0.1) is 50.8 Å². The van der Waals surface area contributed by atoms with Gasteiger partial charge in [0.25, 0.3) is 0 Å². The molecule has 0 radical (unpaired) electrons. The first kappa shape index (κ1) is 49.0. The fourth-order valence-electron chi connectivity index (χ4n) is 15.8. The predicted octanol–water partition coefficient (Wildman–Crippen LogP) is -0.931. The average Bonchev–Trinajstić information content (AvgIpc) is 3.59. The molecule has 0 aromatic heterocycles. The highest BCUT2D eigenvalue weighted by molar-refractivity contribution is 5.36. The summed E-state index contributed by atoms with van der Waals surface area (Å²) in [7, 11) is 0. The van der Waals surface area contributed by atoms with Gasteiger partial charge in [-0.15, -0.1) is 0 Å². The largest absolute Gasteiger partial charge is 0.396 e. The van der Waals surface area contributed by atoms with Crippen LogP contribution in [0.1, 0.15) is 86.5 Å². The van der Waals surface area contributed by atoms with Gasteiger partial charge in [-0.2, -0.15) is 0 Å². The Morgan fingerprint density at radius 3 is 1.91 bits per heavy atom. The van der Waals surface area contributed by atoms with E-state index in [9.17, 15) is 56.2 Å². The van der Waals surface area contributed by atoms with Crippen LogP contribution in [0.3, 0.4) is 0 Å². The van der Waals surface area contributed by atoms with Crippen LogP contribution >= 0.6 is 0 Å². The number of hydrogen-bond acceptors (Lipinski definition) is 18. The first-order valence-corrected chi connectivity index (χ1v) is 24.1. The van der Waals surface area contributed by atoms with Gasteiger partial charge in [-0.1, -0.05) is 53.7 Å². The smallest absolute Gasteiger partial charge is 0.187 e. The number of aliphatic hydroxyl groups is 11. The molecule has 11 N–H and O–H groups in total. The molecule has 18 nitrogen and oxygen atoms in total. The molecule has 4 heterocycles. The molecule has 2 bridgehead atoms. The van der Waals surface area contributed by atoms with Crippen LogP contribution in [0.4, 0.5) is 0 Å². The first-order valence-electron chi connectivity index (χ1n) is 24.1. The second-order valence-corrected chi connectivity index (χ2v) is 22.8. The molecule has 4 saturated heterocycles. The van der Waals surface area contributed by atoms with E-state index in [2.05, 4.69) is 46.8 Å². The topological polar surface area (TPSA) is 287 Å². The zero-order chi connectivity index (χ0) is 47.0. The molecule has 9 aliphatic rings. The van der Waals surface area contributed by atoms with Crippen molar-refractivity contribution in [2.75, 3.05) is 33.0 Å². The second-order valence-electron chi connectivity index (χ2n) is 22.8. The highest BCUT2D eigenvalue weighted by atomic mass is 16.8. The van der Waals surface area contributed by atoms with Gasteiger partial charge in [-0.3, -0.25) is 0 Å². The Hall–Kier alpha value is -0.980. The highest BCUT2D eigenvalue weighted by Gasteiger charge is 2.79. The summed E-state index contributed by atoms with van der Waals surface area (Å²) in [5.41, 5.74) is -2.66. The van der Waals surface area contributed by atoms with E-state index in [0.29, 0.717) is 37.7 Å². The van der Waals surface area contributed by atoms with Crippen molar-refractivity contribution in [3.8, 4) is 0 Å². The summed E-state index contributed by atoms with van der Waals surface area (Å²) in [4.78, 5) is 0. The van der Waals surface area contributed by atoms with E-state index in [1.807, 2.05) is 6.92 Å². The van der Waals surface area contributed by atoms with Gasteiger partial charge >= 0.3 is 0 Å². The van der Waals surface area contributed by atoms with E-state index in [4.69, 9.17) is 33.2 Å². The van der Waals surface area contributed by atoms with Crippen molar-refractivity contribution in [1.82, 2.24) is 0 Å². The summed E-state index contributed by atoms with van der Waals surface area (Å²) in [6.45, 7) is 12.1. The van der Waals surface area contributed by atoms with Crippen LogP contribution < -0.4 is 0 Å². The van der Waals surface area contributed by atoms with Crippen LogP contribution in [0.15, 0.2) is 12.2 Å². The Kier molecular flexibility index (Phi) is 12.9. The molecule has 5 aliphatic carbocycles. The lowest BCUT2D eigenvalue weighted by atomic mass is 9.31. The molecular formula is C47H76O18. The van der Waals surface area contributed by atoms with E-state index in [1.165, 1.54) is 0 Å². The molecule has 0 aromatic rings. The Balaban J connectivity index is 1.00. The molecule has 18 heteroatoms. The highest BCUT2D eigenvalue weighted by Crippen LogP contribution is 2.79. The molecule has 0 aromatic carbocycles. The Morgan fingerprint density at radius 1 is 0.677 bits per heavy atom. The number of aliphatic hydroxyl groups excluding tert-OH is 11. The van der Waals surface area contributed by atoms with Gasteiger partial charge in [0.1, 0.15) is 67.1 Å². The Morgan fingerprint density at radius 2 is 1.29 bits per heavy atom. The van der Waals surface area contributed by atoms with Crippen molar-refractivity contribution in [3.05, 3.63) is 12.2 Å². The Bertz CT molecular complexity index is 1760. The van der Waals surface area contributed by atoms with E-state index in [-0.39, 0.29) is 46.0 Å². The standard InChI is InChI=1S/C47H76O18/c1-21-7-13-46-20-60-47(38(46)22(21)2)14-9-27-42(3)11-10-29(43(4,19-50)26(42)8-12-44(27,5)45(47,6)15-28(46)52)63-40-36(33(56)31(54)24(16-48)61-40)65-41-37(34(57)32(55)25(17-49)62-41)64-39-35(58)30(53)23(51)18-59-39/h9,14,21-41,48-58H,7-8,10-13,15-20H2,1-6H3/t21-,22+,23-,24-,25-,26-,27-,28-,29+,30+,31+,32-,33+,34+,35-,36-,37-,38-,39+,40+,41+,42+,43+,44-,45+,46?,47-/m1/s1. The lowest BCUT2D eigenvalue weighted by Gasteiger charge is -2.73. The van der Waals surface area contributed by atoms with Gasteiger partial charge in [0, 0.05) is 22.2 Å². The van der Waals surface area contributed by atoms with E-state index in [1.54, 1.807) is 0 Å². The fourth-order valence-corrected chi connectivity index (χ4v) is 15.8. The summed E-state index contributed by atoms with van der Waals surface area (Å²) in [6, 6.07) is 0. The monoisotopic (exact) mass is 929 g/mol. The first-order chi connectivity index (χ1) is 30.6. The van der Waals surface area contributed by atoms with Crippen LogP contribution in [0.2, 0.25) is 0 Å². The molecule has 372 valence electrons. The second kappa shape index (κ2) is 17.1. The maximum absolute atomic E-state index is 12.3. The number of allylic oxidation sites excluding steroid dienone is 1. The third-order valence-electron chi connectivity index (χ3n) is 20.0. The third kappa shape index (κ3) is 6.85. The number of rotatable bonds is 9. The minimum Gasteiger partial charge on any atom is -0.396 e. The fraction of sp³-hybridized carbons (Fsp3) is 0.957. The summed E-state index contributed by atoms with van der Waals surface area (Å²) < 4.78 is 43.5. The van der Waals surface area contributed by atoms with E-state index in [0.717, 1.165) is 25.7 Å². The number of fused-ring (bicyclic) bond motifs is 4. The van der Waals surface area contributed by atoms with Crippen molar-refractivity contribution in [3.63, 3.8) is 0 Å². The predicted molar refractivity (Wildman–Crippen MR) is 225 cm³/mol. The molecule has 0 amide bonds. The summed E-state index contributed by atoms with van der Waals surface area (Å²) in [5.74, 6) is 1.06. The van der Waals surface area contributed by atoms with Crippen molar-refractivity contribution in [1.29, 1.82) is 0 Å². The van der Waals surface area contributed by atoms with E-state index >= 15 is 0 Å². The Labute approximate surface area is 380 Å². The van der Waals surface area contributed by atoms with Crippen molar-refractivity contribution in [2.45, 2.75) is 190 Å². The molecule has 1 spiro atoms. The molecule has 9 rings (SSSR count). The normalized spacial score (nSPS) is 59.8. The molecule has 4 aliphatic heterocycles. The third-order valence-corrected chi connectivity index (χ3v) is 20.0. The van der Waals surface area contributed by atoms with Gasteiger partial charge in [0.2, 0.25) is 0 Å². The molecular weight excluding hydrogens is 852 g/mol. The van der Waals surface area contributed by atoms with Crippen LogP contribution in [0, 0.1) is 56.7 Å². The van der Waals surface area contributed by atoms with Crippen molar-refractivity contribution in [2.24, 2.45) is 56.7 Å². The SMILES string of the molecule is C[C@H]1[C@H](C)CCC23CO[C@]4(C=C[C@@H]5[C@@]6(C)CC[C@H](O[C@@H]7O[C@H](CO)[C@H](O)[C@H](O)[C@H]7O[C@@H]7O[C@H](CO)[C@@H](O)[C@H](O)[C@H]7O[C@@H]7OC[C@@H](O)[C@H](O)[C@H]7O)[C@@](C)(CO)[C@@H]6CC[C@@]5(C)[C@]4(C)C[C@H]2O)[C@H]13. The van der Waals surface area contributed by atoms with Crippen LogP contribution in [0.5, 0.6) is 0 Å². The zero-order valence-corrected chi connectivity index (χ0v) is 38.5. The maximum Gasteiger partial charge on any atom is 0.187 e. The molecule has 27 atom stereocenters. The minimum atomic E-state index is -1.85. The maximum atomic E-state index is 12.3. The molecule has 65 heavy (non-hydrogen) atoms. The molecule has 1 unspecified atom stereocenters. The lowest BCUT2D eigenvalue weighted by Crippen LogP contribution is -2.73. The van der Waals surface area contributed by atoms with Crippen molar-refractivity contribution < 1.29 is 89.3 Å². The van der Waals surface area contributed by atoms with E-state index < -0.39 is 129 Å². The molecule has 4 saturated carbocycles. The van der Waals surface area contributed by atoms with Gasteiger partial charge in [-0.25, -0.2) is 0 Å². The quantitative estimate of drug-likeness (QED) is 0.0984. The number of ether oxygens (including phenoxy) is 7. The van der Waals surface area contributed by atoms with Crippen LogP contribution in [-0.4, -0.2) is 193 Å². The summed E-state index contributed by atoms with van der Waals surface area (Å²) >= 11 is 0. The molecule has 8 fully saturated rings. The lowest BCUT2D eigenvalue weighted by molar-refractivity contribution is -0.395. The minimum absolute atomic E-state index is 0.0619. The summed E-state index contributed by atoms with van der Waals surface area (Å²) in [5, 5.41) is 120. The average molecular weight is 929 g/mol. The van der Waals surface area contributed by atoms with Crippen LogP contribution in [0.25, 0.3) is 0 Å². The van der Waals surface area contributed by atoms with Crippen LogP contribution in [-0.2, 0) is 33.2 Å². The van der Waals surface area contributed by atoms with Gasteiger partial charge < -0.3 is 89.3 Å². The van der Waals surface area contributed by atoms with Gasteiger partial charge in [0.15, 0.2) is 18.9 Å². The zero-order valence-electron chi connectivity index (χ0n) is 38.5. The van der Waals surface area contributed by atoms with Gasteiger partial charge in [-0.05, 0) is 79.4 Å².